The second-order valence-corrected chi connectivity index (χ2v) is 6.90. The van der Waals surface area contributed by atoms with Crippen LogP contribution in [0.1, 0.15) is 18.9 Å². The van der Waals surface area contributed by atoms with E-state index in [9.17, 15) is 9.59 Å². The number of likely N-dealkylation sites (tertiary alicyclic amines) is 1. The molecule has 2 aliphatic rings. The number of hydrogen-bond donors (Lipinski definition) is 1. The molecule has 1 aromatic carbocycles. The van der Waals surface area contributed by atoms with Gasteiger partial charge in [0.2, 0.25) is 11.8 Å². The van der Waals surface area contributed by atoms with E-state index in [0.29, 0.717) is 18.5 Å². The average Bonchev–Trinajstić information content (AvgIpc) is 2.82. The van der Waals surface area contributed by atoms with Crippen molar-refractivity contribution in [3.8, 4) is 0 Å². The summed E-state index contributed by atoms with van der Waals surface area (Å²) >= 11 is 0. The molecule has 0 unspecified atom stereocenters. The summed E-state index contributed by atoms with van der Waals surface area (Å²) in [4.78, 5) is 27.8. The number of rotatable bonds is 4. The van der Waals surface area contributed by atoms with Gasteiger partial charge in [-0.1, -0.05) is 30.3 Å². The number of benzene rings is 1. The van der Waals surface area contributed by atoms with Gasteiger partial charge in [-0.2, -0.15) is 0 Å². The molecule has 0 aliphatic carbocycles. The van der Waals surface area contributed by atoms with Crippen molar-refractivity contribution in [1.82, 2.24) is 15.1 Å². The highest BCUT2D eigenvalue weighted by molar-refractivity contribution is 5.83. The van der Waals surface area contributed by atoms with Crippen molar-refractivity contribution in [1.29, 1.82) is 0 Å². The molecule has 3 rings (SSSR count). The number of carbonyl (C=O) groups is 2. The number of ether oxygens (including phenoxy) is 1. The van der Waals surface area contributed by atoms with Crippen LogP contribution in [-0.2, 0) is 20.9 Å². The van der Waals surface area contributed by atoms with E-state index in [-0.39, 0.29) is 18.4 Å². The number of nitrogens with one attached hydrogen (secondary N) is 1. The lowest BCUT2D eigenvalue weighted by atomic mass is 9.90. The molecule has 0 aromatic heterocycles. The molecule has 6 heteroatoms. The standard InChI is InChI=1S/C19H27N3O3/c1-15(23)20-11-19(24)22-8-7-17-14-25-10-9-21(18(17)13-22)12-16-5-3-2-4-6-16/h2-6,17-18H,7-14H2,1H3,(H,20,23)/t17-,18-/m1/s1. The molecular weight excluding hydrogens is 318 g/mol. The molecule has 0 spiro atoms. The van der Waals surface area contributed by atoms with Gasteiger partial charge >= 0.3 is 0 Å². The zero-order chi connectivity index (χ0) is 17.6. The maximum absolute atomic E-state index is 12.4. The van der Waals surface area contributed by atoms with Crippen molar-refractivity contribution in [3.63, 3.8) is 0 Å². The molecule has 2 heterocycles. The summed E-state index contributed by atoms with van der Waals surface area (Å²) in [6.07, 6.45) is 0.946. The quantitative estimate of drug-likeness (QED) is 0.880. The van der Waals surface area contributed by atoms with Crippen molar-refractivity contribution in [3.05, 3.63) is 35.9 Å². The minimum absolute atomic E-state index is 0.00141. The van der Waals surface area contributed by atoms with E-state index in [0.717, 1.165) is 39.3 Å². The van der Waals surface area contributed by atoms with E-state index in [1.807, 2.05) is 11.0 Å². The van der Waals surface area contributed by atoms with E-state index in [1.54, 1.807) is 0 Å². The van der Waals surface area contributed by atoms with Gasteiger partial charge in [0.25, 0.3) is 0 Å². The molecule has 136 valence electrons. The van der Waals surface area contributed by atoms with Crippen LogP contribution in [0.4, 0.5) is 0 Å². The highest BCUT2D eigenvalue weighted by Gasteiger charge is 2.36. The maximum atomic E-state index is 12.4. The summed E-state index contributed by atoms with van der Waals surface area (Å²) in [5, 5.41) is 2.61. The Morgan fingerprint density at radius 1 is 1.24 bits per heavy atom. The fourth-order valence-electron chi connectivity index (χ4n) is 3.72. The fraction of sp³-hybridized carbons (Fsp3) is 0.579. The van der Waals surface area contributed by atoms with Crippen molar-refractivity contribution >= 4 is 11.8 Å². The number of fused-ring (bicyclic) bond motifs is 1. The van der Waals surface area contributed by atoms with Crippen LogP contribution < -0.4 is 5.32 Å². The van der Waals surface area contributed by atoms with Gasteiger partial charge in [-0.25, -0.2) is 0 Å². The fourth-order valence-corrected chi connectivity index (χ4v) is 3.72. The minimum atomic E-state index is -0.170. The average molecular weight is 345 g/mol. The molecule has 0 saturated carbocycles. The first-order chi connectivity index (χ1) is 12.1. The molecule has 0 radical (unpaired) electrons. The molecule has 2 fully saturated rings. The van der Waals surface area contributed by atoms with Crippen LogP contribution in [0, 0.1) is 5.92 Å². The summed E-state index contributed by atoms with van der Waals surface area (Å²) in [7, 11) is 0. The highest BCUT2D eigenvalue weighted by atomic mass is 16.5. The number of piperidine rings is 1. The zero-order valence-corrected chi connectivity index (χ0v) is 14.8. The number of hydrogen-bond acceptors (Lipinski definition) is 4. The van der Waals surface area contributed by atoms with Gasteiger partial charge in [0.05, 0.1) is 19.8 Å². The summed E-state index contributed by atoms with van der Waals surface area (Å²) in [5.74, 6) is 0.284. The summed E-state index contributed by atoms with van der Waals surface area (Å²) in [6.45, 7) is 6.22. The third kappa shape index (κ3) is 4.80. The van der Waals surface area contributed by atoms with E-state index < -0.39 is 0 Å². The Balaban J connectivity index is 1.67. The number of carbonyl (C=O) groups excluding carboxylic acids is 2. The first-order valence-corrected chi connectivity index (χ1v) is 9.01. The van der Waals surface area contributed by atoms with Crippen LogP contribution in [-0.4, -0.2) is 67.0 Å². The van der Waals surface area contributed by atoms with Crippen LogP contribution in [0.3, 0.4) is 0 Å². The molecule has 0 bridgehead atoms. The third-order valence-corrected chi connectivity index (χ3v) is 5.11. The number of amides is 2. The molecule has 25 heavy (non-hydrogen) atoms. The molecular formula is C19H27N3O3. The van der Waals surface area contributed by atoms with Gasteiger partial charge < -0.3 is 15.0 Å². The van der Waals surface area contributed by atoms with Gasteiger partial charge in [-0.15, -0.1) is 0 Å². The Kier molecular flexibility index (Phi) is 6.04. The van der Waals surface area contributed by atoms with Crippen LogP contribution in [0.15, 0.2) is 30.3 Å². The van der Waals surface area contributed by atoms with E-state index in [2.05, 4.69) is 34.5 Å². The maximum Gasteiger partial charge on any atom is 0.242 e. The van der Waals surface area contributed by atoms with Crippen LogP contribution >= 0.6 is 0 Å². The highest BCUT2D eigenvalue weighted by Crippen LogP contribution is 2.26. The lowest BCUT2D eigenvalue weighted by Crippen LogP contribution is -2.55. The van der Waals surface area contributed by atoms with Crippen LogP contribution in [0.5, 0.6) is 0 Å². The van der Waals surface area contributed by atoms with E-state index >= 15 is 0 Å². The van der Waals surface area contributed by atoms with Gasteiger partial charge in [-0.05, 0) is 12.0 Å². The lowest BCUT2D eigenvalue weighted by Gasteiger charge is -2.42. The normalized spacial score (nSPS) is 24.3. The molecule has 6 nitrogen and oxygen atoms in total. The third-order valence-electron chi connectivity index (χ3n) is 5.11. The summed E-state index contributed by atoms with van der Waals surface area (Å²) in [6, 6.07) is 10.7. The lowest BCUT2D eigenvalue weighted by molar-refractivity contribution is -0.135. The Hall–Kier alpha value is -1.92. The van der Waals surface area contributed by atoms with Gasteiger partial charge in [0, 0.05) is 45.1 Å². The second kappa shape index (κ2) is 8.45. The van der Waals surface area contributed by atoms with Crippen molar-refractivity contribution < 1.29 is 14.3 Å². The topological polar surface area (TPSA) is 61.9 Å². The molecule has 2 amide bonds. The molecule has 1 N–H and O–H groups in total. The van der Waals surface area contributed by atoms with E-state index in [4.69, 9.17) is 4.74 Å². The van der Waals surface area contributed by atoms with Gasteiger partial charge in [-0.3, -0.25) is 14.5 Å². The first-order valence-electron chi connectivity index (χ1n) is 9.01. The summed E-state index contributed by atoms with van der Waals surface area (Å²) in [5.41, 5.74) is 1.28. The summed E-state index contributed by atoms with van der Waals surface area (Å²) < 4.78 is 5.80. The SMILES string of the molecule is CC(=O)NCC(=O)N1CC[C@@H]2COCCN(Cc3ccccc3)[C@@H]2C1. The van der Waals surface area contributed by atoms with Gasteiger partial charge in [0.1, 0.15) is 0 Å². The first kappa shape index (κ1) is 17.9. The number of nitrogens with zero attached hydrogens (tertiary/aromatic N) is 2. The van der Waals surface area contributed by atoms with Gasteiger partial charge in [0.15, 0.2) is 0 Å². The Morgan fingerprint density at radius 2 is 2.04 bits per heavy atom. The largest absolute Gasteiger partial charge is 0.380 e. The predicted octanol–water partition coefficient (Wildman–Crippen LogP) is 0.872. The molecule has 2 saturated heterocycles. The molecule has 2 atom stereocenters. The monoisotopic (exact) mass is 345 g/mol. The van der Waals surface area contributed by atoms with Crippen LogP contribution in [0.25, 0.3) is 0 Å². The van der Waals surface area contributed by atoms with Crippen LogP contribution in [0.2, 0.25) is 0 Å². The molecule has 1 aromatic rings. The Morgan fingerprint density at radius 3 is 2.80 bits per heavy atom. The van der Waals surface area contributed by atoms with Crippen molar-refractivity contribution in [2.45, 2.75) is 25.9 Å². The van der Waals surface area contributed by atoms with Crippen molar-refractivity contribution in [2.75, 3.05) is 39.4 Å². The zero-order valence-electron chi connectivity index (χ0n) is 14.8. The van der Waals surface area contributed by atoms with E-state index in [1.165, 1.54) is 12.5 Å². The van der Waals surface area contributed by atoms with Crippen molar-refractivity contribution in [2.24, 2.45) is 5.92 Å². The second-order valence-electron chi connectivity index (χ2n) is 6.90. The smallest absolute Gasteiger partial charge is 0.242 e. The predicted molar refractivity (Wildman–Crippen MR) is 94.8 cm³/mol. The molecule has 2 aliphatic heterocycles. The minimum Gasteiger partial charge on any atom is -0.380 e. The Labute approximate surface area is 149 Å². The Bertz CT molecular complexity index is 593.